The standard InChI is InChI=1S/C15H16ClNO/c1-11-2-8-14(9-3-11)17-10-15(18)12-4-6-13(16)7-5-12/h2-9,15,17-18H,10H2,1H3. The maximum atomic E-state index is 10.0. The molecule has 0 aromatic heterocycles. The molecule has 0 aliphatic heterocycles. The fourth-order valence-corrected chi connectivity index (χ4v) is 1.81. The van der Waals surface area contributed by atoms with Crippen LogP contribution in [0.3, 0.4) is 0 Å². The van der Waals surface area contributed by atoms with Gasteiger partial charge < -0.3 is 10.4 Å². The summed E-state index contributed by atoms with van der Waals surface area (Å²) in [5.74, 6) is 0. The zero-order valence-electron chi connectivity index (χ0n) is 10.2. The van der Waals surface area contributed by atoms with Gasteiger partial charge in [0.15, 0.2) is 0 Å². The Morgan fingerprint density at radius 2 is 1.67 bits per heavy atom. The molecular weight excluding hydrogens is 246 g/mol. The predicted molar refractivity (Wildman–Crippen MR) is 76.1 cm³/mol. The van der Waals surface area contributed by atoms with E-state index < -0.39 is 6.10 Å². The lowest BCUT2D eigenvalue weighted by Gasteiger charge is -2.13. The molecule has 94 valence electrons. The number of anilines is 1. The lowest BCUT2D eigenvalue weighted by Crippen LogP contribution is -2.11. The van der Waals surface area contributed by atoms with Crippen molar-refractivity contribution >= 4 is 17.3 Å². The number of benzene rings is 2. The van der Waals surface area contributed by atoms with Gasteiger partial charge in [0.05, 0.1) is 6.10 Å². The van der Waals surface area contributed by atoms with Crippen LogP contribution in [0.25, 0.3) is 0 Å². The molecule has 18 heavy (non-hydrogen) atoms. The third-order valence-corrected chi connectivity index (χ3v) is 3.06. The van der Waals surface area contributed by atoms with Crippen LogP contribution in [0.4, 0.5) is 5.69 Å². The molecule has 2 aromatic rings. The van der Waals surface area contributed by atoms with Crippen LogP contribution in [-0.2, 0) is 0 Å². The van der Waals surface area contributed by atoms with Gasteiger partial charge in [-0.3, -0.25) is 0 Å². The summed E-state index contributed by atoms with van der Waals surface area (Å²) < 4.78 is 0. The fraction of sp³-hybridized carbons (Fsp3) is 0.200. The van der Waals surface area contributed by atoms with Gasteiger partial charge in [-0.15, -0.1) is 0 Å². The van der Waals surface area contributed by atoms with Crippen molar-refractivity contribution in [1.29, 1.82) is 0 Å². The topological polar surface area (TPSA) is 32.3 Å². The van der Waals surface area contributed by atoms with Crippen LogP contribution in [0.2, 0.25) is 5.02 Å². The highest BCUT2D eigenvalue weighted by molar-refractivity contribution is 6.30. The van der Waals surface area contributed by atoms with Crippen molar-refractivity contribution in [3.63, 3.8) is 0 Å². The zero-order chi connectivity index (χ0) is 13.0. The second-order valence-electron chi connectivity index (χ2n) is 4.31. The number of aliphatic hydroxyl groups excluding tert-OH is 1. The summed E-state index contributed by atoms with van der Waals surface area (Å²) in [6.07, 6.45) is -0.538. The van der Waals surface area contributed by atoms with Crippen LogP contribution in [-0.4, -0.2) is 11.7 Å². The maximum absolute atomic E-state index is 10.0. The molecule has 1 atom stereocenters. The molecule has 0 saturated heterocycles. The van der Waals surface area contributed by atoms with Gasteiger partial charge in [0.25, 0.3) is 0 Å². The smallest absolute Gasteiger partial charge is 0.0962 e. The highest BCUT2D eigenvalue weighted by atomic mass is 35.5. The Balaban J connectivity index is 1.93. The lowest BCUT2D eigenvalue weighted by atomic mass is 10.1. The van der Waals surface area contributed by atoms with E-state index >= 15 is 0 Å². The molecule has 0 bridgehead atoms. The Hall–Kier alpha value is -1.51. The molecule has 2 nitrogen and oxygen atoms in total. The molecule has 2 N–H and O–H groups in total. The SMILES string of the molecule is Cc1ccc(NCC(O)c2ccc(Cl)cc2)cc1. The van der Waals surface area contributed by atoms with E-state index in [4.69, 9.17) is 11.6 Å². The molecule has 0 aliphatic carbocycles. The first kappa shape index (κ1) is 12.9. The summed E-state index contributed by atoms with van der Waals surface area (Å²) in [6.45, 7) is 2.52. The van der Waals surface area contributed by atoms with E-state index in [2.05, 4.69) is 5.32 Å². The Kier molecular flexibility index (Phi) is 4.24. The number of nitrogens with one attached hydrogen (secondary N) is 1. The number of halogens is 1. The molecule has 0 heterocycles. The summed E-state index contributed by atoms with van der Waals surface area (Å²) in [4.78, 5) is 0. The number of rotatable bonds is 4. The molecule has 0 aliphatic rings. The van der Waals surface area contributed by atoms with Crippen molar-refractivity contribution in [2.24, 2.45) is 0 Å². The van der Waals surface area contributed by atoms with E-state index in [0.717, 1.165) is 11.3 Å². The molecule has 2 rings (SSSR count). The Morgan fingerprint density at radius 3 is 2.28 bits per heavy atom. The van der Waals surface area contributed by atoms with Crippen molar-refractivity contribution in [3.05, 3.63) is 64.7 Å². The van der Waals surface area contributed by atoms with Gasteiger partial charge in [-0.2, -0.15) is 0 Å². The van der Waals surface area contributed by atoms with Crippen LogP contribution in [0.15, 0.2) is 48.5 Å². The van der Waals surface area contributed by atoms with E-state index in [-0.39, 0.29) is 0 Å². The lowest BCUT2D eigenvalue weighted by molar-refractivity contribution is 0.191. The molecule has 1 unspecified atom stereocenters. The summed E-state index contributed by atoms with van der Waals surface area (Å²) in [7, 11) is 0. The van der Waals surface area contributed by atoms with Gasteiger partial charge in [-0.05, 0) is 36.8 Å². The first-order valence-corrected chi connectivity index (χ1v) is 6.27. The second-order valence-corrected chi connectivity index (χ2v) is 4.75. The third-order valence-electron chi connectivity index (χ3n) is 2.81. The summed E-state index contributed by atoms with van der Waals surface area (Å²) in [5.41, 5.74) is 3.09. The minimum atomic E-state index is -0.538. The van der Waals surface area contributed by atoms with E-state index in [9.17, 15) is 5.11 Å². The zero-order valence-corrected chi connectivity index (χ0v) is 11.0. The monoisotopic (exact) mass is 261 g/mol. The van der Waals surface area contributed by atoms with Gasteiger partial charge in [0.1, 0.15) is 0 Å². The normalized spacial score (nSPS) is 12.2. The first-order chi connectivity index (χ1) is 8.65. The molecule has 0 spiro atoms. The van der Waals surface area contributed by atoms with Gasteiger partial charge in [0.2, 0.25) is 0 Å². The molecule has 0 saturated carbocycles. The molecule has 0 amide bonds. The van der Waals surface area contributed by atoms with E-state index in [0.29, 0.717) is 11.6 Å². The summed E-state index contributed by atoms with van der Waals surface area (Å²) in [6, 6.07) is 15.3. The number of hydrogen-bond donors (Lipinski definition) is 2. The summed E-state index contributed by atoms with van der Waals surface area (Å²) >= 11 is 5.81. The molecule has 3 heteroatoms. The van der Waals surface area contributed by atoms with Crippen molar-refractivity contribution in [1.82, 2.24) is 0 Å². The highest BCUT2D eigenvalue weighted by Gasteiger charge is 2.06. The van der Waals surface area contributed by atoms with Gasteiger partial charge >= 0.3 is 0 Å². The van der Waals surface area contributed by atoms with Crippen molar-refractivity contribution in [3.8, 4) is 0 Å². The predicted octanol–water partition coefficient (Wildman–Crippen LogP) is 3.79. The average molecular weight is 262 g/mol. The van der Waals surface area contributed by atoms with Crippen molar-refractivity contribution < 1.29 is 5.11 Å². The van der Waals surface area contributed by atoms with Crippen molar-refractivity contribution in [2.75, 3.05) is 11.9 Å². The fourth-order valence-electron chi connectivity index (χ4n) is 1.69. The van der Waals surface area contributed by atoms with Crippen LogP contribution in [0.1, 0.15) is 17.2 Å². The minimum absolute atomic E-state index is 0.477. The highest BCUT2D eigenvalue weighted by Crippen LogP contribution is 2.17. The van der Waals surface area contributed by atoms with Crippen LogP contribution >= 0.6 is 11.6 Å². The third kappa shape index (κ3) is 3.49. The molecule has 0 radical (unpaired) electrons. The van der Waals surface area contributed by atoms with Crippen LogP contribution in [0.5, 0.6) is 0 Å². The first-order valence-electron chi connectivity index (χ1n) is 5.89. The Morgan fingerprint density at radius 1 is 1.06 bits per heavy atom. The number of hydrogen-bond acceptors (Lipinski definition) is 2. The maximum Gasteiger partial charge on any atom is 0.0962 e. The second kappa shape index (κ2) is 5.89. The Bertz CT molecular complexity index is 493. The van der Waals surface area contributed by atoms with Gasteiger partial charge in [0, 0.05) is 17.3 Å². The van der Waals surface area contributed by atoms with Crippen LogP contribution < -0.4 is 5.32 Å². The summed E-state index contributed by atoms with van der Waals surface area (Å²) in [5, 5.41) is 13.9. The minimum Gasteiger partial charge on any atom is -0.387 e. The van der Waals surface area contributed by atoms with E-state index in [1.165, 1.54) is 5.56 Å². The quantitative estimate of drug-likeness (QED) is 0.878. The average Bonchev–Trinajstić information content (AvgIpc) is 2.38. The van der Waals surface area contributed by atoms with Gasteiger partial charge in [-0.1, -0.05) is 41.4 Å². The largest absolute Gasteiger partial charge is 0.387 e. The molecular formula is C15H16ClNO. The van der Waals surface area contributed by atoms with Gasteiger partial charge in [-0.25, -0.2) is 0 Å². The number of aliphatic hydroxyl groups is 1. The molecule has 0 fully saturated rings. The van der Waals surface area contributed by atoms with E-state index in [1.807, 2.05) is 43.3 Å². The number of aryl methyl sites for hydroxylation is 1. The van der Waals surface area contributed by atoms with Crippen LogP contribution in [0, 0.1) is 6.92 Å². The Labute approximate surface area is 112 Å². The molecule has 2 aromatic carbocycles. The van der Waals surface area contributed by atoms with Crippen molar-refractivity contribution in [2.45, 2.75) is 13.0 Å². The van der Waals surface area contributed by atoms with E-state index in [1.54, 1.807) is 12.1 Å².